The van der Waals surface area contributed by atoms with E-state index >= 15 is 0 Å². The molecule has 0 aromatic heterocycles. The van der Waals surface area contributed by atoms with Gasteiger partial charge in [-0.25, -0.2) is 0 Å². The standard InChI is InChI=1S/C20H24O.C19H21BrO/c1-2-8-17-13-15-19(16-14-17)20(21)12-7-6-11-18-9-4-3-5-10-18;20-15-14-17-10-12-18(13-11-17)19(21)9-5-4-8-16-6-2-1-3-7-16/h3-5,9-10,13-16H,2,6-8,11-12H2,1H3;1-3,6-7,10-13H,4-5,8-9,14-15H2. The normalized spacial score (nSPS) is 10.5. The van der Waals surface area contributed by atoms with E-state index in [4.69, 9.17) is 0 Å². The molecule has 0 aliphatic carbocycles. The van der Waals surface area contributed by atoms with Gasteiger partial charge >= 0.3 is 0 Å². The van der Waals surface area contributed by atoms with E-state index in [1.807, 2.05) is 36.4 Å². The lowest BCUT2D eigenvalue weighted by Crippen LogP contribution is -2.00. The monoisotopic (exact) mass is 624 g/mol. The van der Waals surface area contributed by atoms with Gasteiger partial charge in [0.25, 0.3) is 0 Å². The van der Waals surface area contributed by atoms with Crippen LogP contribution in [0.5, 0.6) is 0 Å². The number of unbranched alkanes of at least 4 members (excludes halogenated alkanes) is 2. The number of Topliss-reactive ketones (excluding diaryl/α,β-unsaturated/α-hetero) is 2. The number of benzene rings is 4. The smallest absolute Gasteiger partial charge is 0.162 e. The topological polar surface area (TPSA) is 34.1 Å². The molecule has 0 radical (unpaired) electrons. The molecule has 4 aromatic rings. The minimum absolute atomic E-state index is 0.258. The van der Waals surface area contributed by atoms with Crippen LogP contribution in [-0.2, 0) is 25.7 Å². The second kappa shape index (κ2) is 19.8. The molecule has 0 aliphatic heterocycles. The lowest BCUT2D eigenvalue weighted by Gasteiger charge is -2.04. The second-order valence-corrected chi connectivity index (χ2v) is 11.6. The van der Waals surface area contributed by atoms with E-state index < -0.39 is 0 Å². The average Bonchev–Trinajstić information content (AvgIpc) is 3.03. The maximum atomic E-state index is 12.1. The first-order valence-electron chi connectivity index (χ1n) is 15.5. The molecule has 0 amide bonds. The van der Waals surface area contributed by atoms with Crippen molar-refractivity contribution < 1.29 is 9.59 Å². The first-order valence-corrected chi connectivity index (χ1v) is 16.6. The molecule has 2 nitrogen and oxygen atoms in total. The Morgan fingerprint density at radius 3 is 1.24 bits per heavy atom. The summed E-state index contributed by atoms with van der Waals surface area (Å²) < 4.78 is 0. The van der Waals surface area contributed by atoms with Gasteiger partial charge < -0.3 is 0 Å². The molecule has 220 valence electrons. The van der Waals surface area contributed by atoms with Gasteiger partial charge in [-0.15, -0.1) is 0 Å². The summed E-state index contributed by atoms with van der Waals surface area (Å²) in [6, 6.07) is 37.1. The Morgan fingerprint density at radius 2 is 0.857 bits per heavy atom. The Bertz CT molecular complexity index is 1190. The summed E-state index contributed by atoms with van der Waals surface area (Å²) in [5.41, 5.74) is 6.99. The molecule has 4 aromatic carbocycles. The third kappa shape index (κ3) is 12.7. The molecule has 3 heteroatoms. The molecule has 0 saturated carbocycles. The van der Waals surface area contributed by atoms with E-state index in [2.05, 4.69) is 95.7 Å². The number of ketones is 2. The highest BCUT2D eigenvalue weighted by atomic mass is 79.9. The summed E-state index contributed by atoms with van der Waals surface area (Å²) >= 11 is 3.43. The van der Waals surface area contributed by atoms with E-state index in [1.165, 1.54) is 22.3 Å². The molecule has 0 unspecified atom stereocenters. The molecular formula is C39H45BrO2. The number of rotatable bonds is 16. The molecule has 0 atom stereocenters. The number of carbonyl (C=O) groups is 2. The van der Waals surface area contributed by atoms with Crippen molar-refractivity contribution in [1.82, 2.24) is 0 Å². The van der Waals surface area contributed by atoms with Crippen LogP contribution in [0.2, 0.25) is 0 Å². The fourth-order valence-electron chi connectivity index (χ4n) is 4.92. The number of carbonyl (C=O) groups excluding carboxylic acids is 2. The lowest BCUT2D eigenvalue weighted by molar-refractivity contribution is 0.0971. The van der Waals surface area contributed by atoms with Crippen LogP contribution in [0.3, 0.4) is 0 Å². The Morgan fingerprint density at radius 1 is 0.476 bits per heavy atom. The summed E-state index contributed by atoms with van der Waals surface area (Å²) in [5, 5.41) is 0.958. The highest BCUT2D eigenvalue weighted by Gasteiger charge is 2.07. The maximum absolute atomic E-state index is 12.1. The summed E-state index contributed by atoms with van der Waals surface area (Å²) in [5.74, 6) is 0.527. The fourth-order valence-corrected chi connectivity index (χ4v) is 5.38. The highest BCUT2D eigenvalue weighted by molar-refractivity contribution is 9.09. The van der Waals surface area contributed by atoms with E-state index in [-0.39, 0.29) is 11.6 Å². The summed E-state index contributed by atoms with van der Waals surface area (Å²) in [4.78, 5) is 24.2. The summed E-state index contributed by atoms with van der Waals surface area (Å²) in [7, 11) is 0. The fraction of sp³-hybridized carbons (Fsp3) is 0.333. The Kier molecular flexibility index (Phi) is 15.6. The van der Waals surface area contributed by atoms with Crippen molar-refractivity contribution in [3.63, 3.8) is 0 Å². The zero-order chi connectivity index (χ0) is 29.8. The molecule has 0 bridgehead atoms. The van der Waals surface area contributed by atoms with Crippen LogP contribution in [-0.4, -0.2) is 16.9 Å². The third-order valence-electron chi connectivity index (χ3n) is 7.40. The van der Waals surface area contributed by atoms with Crippen molar-refractivity contribution in [2.75, 3.05) is 5.33 Å². The number of halogens is 1. The van der Waals surface area contributed by atoms with Crippen LogP contribution in [0.15, 0.2) is 109 Å². The highest BCUT2D eigenvalue weighted by Crippen LogP contribution is 2.14. The minimum atomic E-state index is 0.258. The van der Waals surface area contributed by atoms with Gasteiger partial charge in [-0.05, 0) is 73.6 Å². The van der Waals surface area contributed by atoms with Crippen molar-refractivity contribution in [3.8, 4) is 0 Å². The van der Waals surface area contributed by atoms with E-state index in [0.717, 1.165) is 74.2 Å². The van der Waals surface area contributed by atoms with E-state index in [1.54, 1.807) is 0 Å². The van der Waals surface area contributed by atoms with Crippen LogP contribution in [0.25, 0.3) is 0 Å². The maximum Gasteiger partial charge on any atom is 0.162 e. The minimum Gasteiger partial charge on any atom is -0.294 e. The first kappa shape index (κ1) is 33.2. The van der Waals surface area contributed by atoms with E-state index in [9.17, 15) is 9.59 Å². The van der Waals surface area contributed by atoms with Crippen molar-refractivity contribution in [2.45, 2.75) is 77.6 Å². The predicted molar refractivity (Wildman–Crippen MR) is 181 cm³/mol. The van der Waals surface area contributed by atoms with Crippen LogP contribution >= 0.6 is 15.9 Å². The molecule has 0 heterocycles. The van der Waals surface area contributed by atoms with Crippen LogP contribution < -0.4 is 0 Å². The van der Waals surface area contributed by atoms with Crippen LogP contribution in [0, 0.1) is 0 Å². The Balaban J connectivity index is 0.000000230. The molecule has 42 heavy (non-hydrogen) atoms. The summed E-state index contributed by atoms with van der Waals surface area (Å²) in [6.45, 7) is 2.17. The predicted octanol–water partition coefficient (Wildman–Crippen LogP) is 10.5. The Labute approximate surface area is 261 Å². The van der Waals surface area contributed by atoms with E-state index in [0.29, 0.717) is 12.8 Å². The molecule has 0 N–H and O–H groups in total. The zero-order valence-corrected chi connectivity index (χ0v) is 26.7. The third-order valence-corrected chi connectivity index (χ3v) is 7.79. The van der Waals surface area contributed by atoms with Gasteiger partial charge in [0.05, 0.1) is 0 Å². The second-order valence-electron chi connectivity index (χ2n) is 10.8. The molecule has 0 saturated heterocycles. The van der Waals surface area contributed by atoms with Gasteiger partial charge in [-0.1, -0.05) is 138 Å². The van der Waals surface area contributed by atoms with Gasteiger partial charge in [0.2, 0.25) is 0 Å². The lowest BCUT2D eigenvalue weighted by atomic mass is 10.0. The molecule has 4 rings (SSSR count). The number of aryl methyl sites for hydroxylation is 4. The van der Waals surface area contributed by atoms with Gasteiger partial charge in [0.15, 0.2) is 11.6 Å². The number of hydrogen-bond donors (Lipinski definition) is 0. The molecule has 0 fully saturated rings. The van der Waals surface area contributed by atoms with Crippen LogP contribution in [0.1, 0.15) is 94.8 Å². The Hall–Kier alpha value is -3.30. The first-order chi connectivity index (χ1) is 20.6. The van der Waals surface area contributed by atoms with Gasteiger partial charge in [0, 0.05) is 29.3 Å². The summed E-state index contributed by atoms with van der Waals surface area (Å²) in [6.07, 6.45) is 10.7. The van der Waals surface area contributed by atoms with Crippen molar-refractivity contribution in [3.05, 3.63) is 143 Å². The largest absolute Gasteiger partial charge is 0.294 e. The molecule has 0 spiro atoms. The zero-order valence-electron chi connectivity index (χ0n) is 25.1. The van der Waals surface area contributed by atoms with Gasteiger partial charge in [-0.2, -0.15) is 0 Å². The van der Waals surface area contributed by atoms with Crippen molar-refractivity contribution in [1.29, 1.82) is 0 Å². The van der Waals surface area contributed by atoms with Crippen LogP contribution in [0.4, 0.5) is 0 Å². The quantitative estimate of drug-likeness (QED) is 0.0705. The number of hydrogen-bond acceptors (Lipinski definition) is 2. The van der Waals surface area contributed by atoms with Crippen molar-refractivity contribution >= 4 is 27.5 Å². The van der Waals surface area contributed by atoms with Crippen molar-refractivity contribution in [2.24, 2.45) is 0 Å². The van der Waals surface area contributed by atoms with Gasteiger partial charge in [-0.3, -0.25) is 9.59 Å². The number of alkyl halides is 1. The molecular weight excluding hydrogens is 580 g/mol. The SMILES string of the molecule is CCCc1ccc(C(=O)CCCCc2ccccc2)cc1.O=C(CCCCc1ccccc1)c1ccc(CCBr)cc1. The molecule has 0 aliphatic rings. The average molecular weight is 626 g/mol. The van der Waals surface area contributed by atoms with Gasteiger partial charge in [0.1, 0.15) is 0 Å².